The van der Waals surface area contributed by atoms with Crippen LogP contribution in [-0.2, 0) is 23.2 Å². The molecular weight excluding hydrogens is 651 g/mol. The largest absolute Gasteiger partial charge is 0.457 e. The van der Waals surface area contributed by atoms with Gasteiger partial charge in [-0.3, -0.25) is 9.59 Å². The van der Waals surface area contributed by atoms with E-state index in [4.69, 9.17) is 13.6 Å². The number of esters is 1. The number of rotatable bonds is 6. The van der Waals surface area contributed by atoms with Crippen molar-refractivity contribution < 1.29 is 23.2 Å². The molecule has 0 saturated carbocycles. The smallest absolute Gasteiger partial charge is 0.309 e. The third kappa shape index (κ3) is 11.2. The molecule has 2 heterocycles. The highest BCUT2D eigenvalue weighted by Crippen LogP contribution is 2.44. The number of ether oxygens (including phenoxy) is 1. The lowest BCUT2D eigenvalue weighted by Gasteiger charge is -2.46. The molecule has 0 bridgehead atoms. The number of Topliss-reactive ketones (excluding diaryl/α,β-unsaturated/α-hetero) is 1. The molecule has 5 atom stereocenters. The molecule has 0 N–H and O–H groups in total. The fourth-order valence-corrected chi connectivity index (χ4v) is 8.95. The van der Waals surface area contributed by atoms with Crippen LogP contribution < -0.4 is 0 Å². The molecule has 1 aliphatic rings. The van der Waals surface area contributed by atoms with Crippen LogP contribution in [-0.4, -0.2) is 51.7 Å². The minimum absolute atomic E-state index is 0.0104. The van der Waals surface area contributed by atoms with Crippen molar-refractivity contribution in [2.75, 3.05) is 0 Å². The number of aromatic nitrogens is 1. The monoisotopic (exact) mass is 717 g/mol. The maximum Gasteiger partial charge on any atom is 0.309 e. The average molecular weight is 718 g/mol. The molecule has 1 aliphatic heterocycles. The van der Waals surface area contributed by atoms with Crippen LogP contribution in [0.1, 0.15) is 113 Å². The molecule has 0 aromatic carbocycles. The Hall–Kier alpha value is -1.66. The Morgan fingerprint density at radius 2 is 1.56 bits per heavy atom. The van der Waals surface area contributed by atoms with E-state index in [0.29, 0.717) is 6.42 Å². The van der Waals surface area contributed by atoms with Crippen LogP contribution in [0.15, 0.2) is 34.8 Å². The van der Waals surface area contributed by atoms with Gasteiger partial charge in [-0.05, 0) is 81.0 Å². The normalized spacial score (nSPS) is 28.1. The van der Waals surface area contributed by atoms with Gasteiger partial charge < -0.3 is 13.6 Å². The zero-order valence-electron chi connectivity index (χ0n) is 33.3. The summed E-state index contributed by atoms with van der Waals surface area (Å²) in [6, 6.07) is 0. The highest BCUT2D eigenvalue weighted by molar-refractivity contribution is 7.09. The predicted octanol–water partition coefficient (Wildman–Crippen LogP) is 11.1. The number of allylic oxidation sites excluding steroid dienone is 2. The van der Waals surface area contributed by atoms with Crippen LogP contribution in [0.5, 0.6) is 0 Å². The Kier molecular flexibility index (Phi) is 14.3. The molecule has 0 saturated heterocycles. The van der Waals surface area contributed by atoms with Crippen LogP contribution in [0.25, 0.3) is 6.08 Å². The van der Waals surface area contributed by atoms with Crippen molar-refractivity contribution in [2.45, 2.75) is 164 Å². The van der Waals surface area contributed by atoms with Crippen LogP contribution in [0.3, 0.4) is 0 Å². The van der Waals surface area contributed by atoms with Gasteiger partial charge in [-0.15, -0.1) is 11.3 Å². The number of hydrogen-bond acceptors (Lipinski definition) is 7. The molecule has 0 amide bonds. The summed E-state index contributed by atoms with van der Waals surface area (Å²) in [6.45, 7) is 36.3. The Bertz CT molecular complexity index is 1360. The van der Waals surface area contributed by atoms with Gasteiger partial charge in [0.25, 0.3) is 0 Å². The van der Waals surface area contributed by atoms with Gasteiger partial charge in [-0.2, -0.15) is 0 Å². The second kappa shape index (κ2) is 16.1. The second-order valence-electron chi connectivity index (χ2n) is 17.7. The Morgan fingerprint density at radius 3 is 2.08 bits per heavy atom. The van der Waals surface area contributed by atoms with Gasteiger partial charge in [0.05, 0.1) is 29.3 Å². The number of nitrogens with zero attached hydrogens (tertiary/aromatic N) is 1. The number of carbonyl (C=O) groups is 2. The Balaban J connectivity index is 2.70. The van der Waals surface area contributed by atoms with Gasteiger partial charge in [-0.1, -0.05) is 93.0 Å². The lowest BCUT2D eigenvalue weighted by molar-refractivity contribution is -0.153. The fraction of sp³-hybridized carbons (Fsp3) is 0.718. The molecule has 48 heavy (non-hydrogen) atoms. The molecule has 9 heteroatoms. The fourth-order valence-electron chi connectivity index (χ4n) is 5.48. The Labute approximate surface area is 299 Å². The van der Waals surface area contributed by atoms with Gasteiger partial charge >= 0.3 is 5.97 Å². The summed E-state index contributed by atoms with van der Waals surface area (Å²) >= 11 is 1.60. The summed E-state index contributed by atoms with van der Waals surface area (Å²) < 4.78 is 20.4. The zero-order valence-corrected chi connectivity index (χ0v) is 36.1. The van der Waals surface area contributed by atoms with E-state index in [2.05, 4.69) is 105 Å². The summed E-state index contributed by atoms with van der Waals surface area (Å²) in [5.74, 6) is -0.712. The van der Waals surface area contributed by atoms with Gasteiger partial charge in [0.15, 0.2) is 16.6 Å². The third-order valence-electron chi connectivity index (χ3n) is 11.1. The van der Waals surface area contributed by atoms with E-state index in [0.717, 1.165) is 22.7 Å². The highest BCUT2D eigenvalue weighted by atomic mass is 32.1. The first-order chi connectivity index (χ1) is 21.7. The van der Waals surface area contributed by atoms with Crippen molar-refractivity contribution >= 4 is 45.8 Å². The molecule has 0 radical (unpaired) electrons. The van der Waals surface area contributed by atoms with Crippen molar-refractivity contribution in [3.05, 3.63) is 45.5 Å². The van der Waals surface area contributed by atoms with Gasteiger partial charge in [0.2, 0.25) is 0 Å². The number of aryl methyl sites for hydroxylation is 1. The number of carbonyl (C=O) groups excluding carboxylic acids is 2. The summed E-state index contributed by atoms with van der Waals surface area (Å²) in [4.78, 5) is 33.4. The second-order valence-corrected chi connectivity index (χ2v) is 28.3. The first-order valence-corrected chi connectivity index (χ1v) is 24.4. The topological polar surface area (TPSA) is 74.7 Å². The van der Waals surface area contributed by atoms with Crippen molar-refractivity contribution in [1.29, 1.82) is 0 Å². The standard InChI is InChI=1S/C39H67NO5SSi2/c1-26-19-18-20-27(2)35(45-48(16,17)38(9,10)11)29(4)36(42)39(12,13)33(44-47(14,15)37(6,7)8)24-34(41)43-32(22-21-26)28(3)23-31-25-46-30(5)40-31/h18,20-21,23,25,27,29,32-33,35H,19,22,24H2,1-17H3/b20-18+,26-21-,28-23+/t27-,29+,32-,33-,35?/m0/s1. The molecular formula is C39H67NO5SSi2. The van der Waals surface area contributed by atoms with Crippen LogP contribution in [0, 0.1) is 24.2 Å². The van der Waals surface area contributed by atoms with E-state index in [-0.39, 0.29) is 40.3 Å². The lowest BCUT2D eigenvalue weighted by Crippen LogP contribution is -2.54. The van der Waals surface area contributed by atoms with E-state index in [9.17, 15) is 9.59 Å². The van der Waals surface area contributed by atoms with Crippen LogP contribution in [0.4, 0.5) is 0 Å². The molecule has 1 aromatic rings. The molecule has 272 valence electrons. The van der Waals surface area contributed by atoms with Crippen molar-refractivity contribution in [3.8, 4) is 0 Å². The predicted molar refractivity (Wildman–Crippen MR) is 208 cm³/mol. The quantitative estimate of drug-likeness (QED) is 0.166. The van der Waals surface area contributed by atoms with E-state index in [1.807, 2.05) is 46.1 Å². The maximum atomic E-state index is 14.8. The average Bonchev–Trinajstić information content (AvgIpc) is 3.34. The summed E-state index contributed by atoms with van der Waals surface area (Å²) in [6.07, 6.45) is 8.47. The van der Waals surface area contributed by atoms with E-state index < -0.39 is 40.2 Å². The number of ketones is 1. The maximum absolute atomic E-state index is 14.8. The van der Waals surface area contributed by atoms with Crippen molar-refractivity contribution in [2.24, 2.45) is 17.3 Å². The number of cyclic esters (lactones) is 1. The summed E-state index contributed by atoms with van der Waals surface area (Å²) in [5.41, 5.74) is 2.01. The van der Waals surface area contributed by atoms with Gasteiger partial charge in [0, 0.05) is 23.1 Å². The molecule has 1 unspecified atom stereocenters. The van der Waals surface area contributed by atoms with Crippen molar-refractivity contribution in [3.63, 3.8) is 0 Å². The van der Waals surface area contributed by atoms with Gasteiger partial charge in [0.1, 0.15) is 11.9 Å². The SMILES string of the molecule is C/C1=C/C[C@@H](/C(C)=C/c2csc(C)n2)OC(=O)C[C@H](O[Si](C)(C)C(C)(C)C)C(C)(C)C(=O)[C@H](C)C(O[Si](C)(C)C(C)(C)C)[C@@H](C)/C=C/C1. The van der Waals surface area contributed by atoms with Crippen LogP contribution >= 0.6 is 11.3 Å². The van der Waals surface area contributed by atoms with E-state index >= 15 is 0 Å². The molecule has 6 nitrogen and oxygen atoms in total. The third-order valence-corrected chi connectivity index (χ3v) is 20.8. The first kappa shape index (κ1) is 42.5. The molecule has 1 aromatic heterocycles. The molecule has 0 aliphatic carbocycles. The summed E-state index contributed by atoms with van der Waals surface area (Å²) in [7, 11) is -4.63. The van der Waals surface area contributed by atoms with Gasteiger partial charge in [-0.25, -0.2) is 4.98 Å². The Morgan fingerprint density at radius 1 is 1.00 bits per heavy atom. The lowest BCUT2D eigenvalue weighted by atomic mass is 9.73. The number of thiazole rings is 1. The summed E-state index contributed by atoms with van der Waals surface area (Å²) in [5, 5.41) is 2.89. The molecule has 0 fully saturated rings. The van der Waals surface area contributed by atoms with Crippen molar-refractivity contribution in [1.82, 2.24) is 4.98 Å². The van der Waals surface area contributed by atoms with E-state index in [1.165, 1.54) is 5.57 Å². The molecule has 0 spiro atoms. The first-order valence-electron chi connectivity index (χ1n) is 17.7. The minimum Gasteiger partial charge on any atom is -0.457 e. The highest BCUT2D eigenvalue weighted by Gasteiger charge is 2.50. The molecule has 2 rings (SSSR count). The zero-order chi connectivity index (χ0) is 37.0. The number of hydrogen-bond donors (Lipinski definition) is 0. The van der Waals surface area contributed by atoms with Crippen LogP contribution in [0.2, 0.25) is 36.3 Å². The van der Waals surface area contributed by atoms with E-state index in [1.54, 1.807) is 11.3 Å². The minimum atomic E-state index is -2.40.